The van der Waals surface area contributed by atoms with Crippen LogP contribution in [0.1, 0.15) is 24.2 Å². The average molecular weight is 363 g/mol. The van der Waals surface area contributed by atoms with Crippen LogP contribution in [0.3, 0.4) is 0 Å². The van der Waals surface area contributed by atoms with Crippen LogP contribution < -0.4 is 10.1 Å². The smallest absolute Gasteiger partial charge is 0.243 e. The van der Waals surface area contributed by atoms with E-state index < -0.39 is 0 Å². The van der Waals surface area contributed by atoms with E-state index in [-0.39, 0.29) is 5.91 Å². The minimum absolute atomic E-state index is 0.194. The summed E-state index contributed by atoms with van der Waals surface area (Å²) in [7, 11) is 0. The Hall–Kier alpha value is -3.08. The number of unbranched alkanes of at least 4 members (excludes halogenated alkanes) is 1. The number of amides is 1. The van der Waals surface area contributed by atoms with Gasteiger partial charge in [0.05, 0.1) is 24.2 Å². The van der Waals surface area contributed by atoms with Crippen LogP contribution in [-0.4, -0.2) is 22.1 Å². The van der Waals surface area contributed by atoms with E-state index in [0.717, 1.165) is 47.6 Å². The van der Waals surface area contributed by atoms with Gasteiger partial charge in [-0.25, -0.2) is 4.98 Å². The lowest BCUT2D eigenvalue weighted by molar-refractivity contribution is -0.116. The fraction of sp³-hybridized carbons (Fsp3) is 0.273. The quantitative estimate of drug-likeness (QED) is 0.462. The number of nitrogens with zero attached hydrogens (tertiary/aromatic N) is 2. The molecular formula is C22H25N3O2. The molecule has 0 saturated heterocycles. The monoisotopic (exact) mass is 363 g/mol. The predicted octanol–water partition coefficient (Wildman–Crippen LogP) is 4.01. The van der Waals surface area contributed by atoms with Crippen molar-refractivity contribution in [1.29, 1.82) is 0 Å². The summed E-state index contributed by atoms with van der Waals surface area (Å²) in [6.45, 7) is 7.44. The minimum atomic E-state index is -0.194. The molecule has 0 aliphatic carbocycles. The third kappa shape index (κ3) is 4.76. The Labute approximate surface area is 159 Å². The van der Waals surface area contributed by atoms with Gasteiger partial charge in [0.15, 0.2) is 0 Å². The first-order valence-corrected chi connectivity index (χ1v) is 9.22. The molecule has 0 bridgehead atoms. The highest BCUT2D eigenvalue weighted by molar-refractivity contribution is 5.86. The van der Waals surface area contributed by atoms with Gasteiger partial charge in [-0.3, -0.25) is 4.79 Å². The van der Waals surface area contributed by atoms with Gasteiger partial charge in [-0.1, -0.05) is 36.9 Å². The van der Waals surface area contributed by atoms with Gasteiger partial charge in [0.25, 0.3) is 0 Å². The molecule has 5 nitrogen and oxygen atoms in total. The molecule has 1 aromatic heterocycles. The van der Waals surface area contributed by atoms with Crippen LogP contribution >= 0.6 is 0 Å². The summed E-state index contributed by atoms with van der Waals surface area (Å²) in [6.07, 6.45) is 3.18. The van der Waals surface area contributed by atoms with E-state index in [1.54, 1.807) is 0 Å². The Bertz CT molecular complexity index is 930. The van der Waals surface area contributed by atoms with E-state index in [9.17, 15) is 4.79 Å². The van der Waals surface area contributed by atoms with Crippen LogP contribution in [-0.2, 0) is 17.9 Å². The number of benzene rings is 2. The zero-order valence-electron chi connectivity index (χ0n) is 15.6. The second-order valence-electron chi connectivity index (χ2n) is 6.41. The number of fused-ring (bicyclic) bond motifs is 1. The van der Waals surface area contributed by atoms with Crippen LogP contribution in [0.5, 0.6) is 5.75 Å². The predicted molar refractivity (Wildman–Crippen MR) is 108 cm³/mol. The van der Waals surface area contributed by atoms with Crippen molar-refractivity contribution in [2.24, 2.45) is 0 Å². The fourth-order valence-corrected chi connectivity index (χ4v) is 3.02. The molecule has 3 aromatic rings. The number of carbonyl (C=O) groups excluding carboxylic acids is 1. The van der Waals surface area contributed by atoms with Crippen LogP contribution in [0.25, 0.3) is 11.0 Å². The Balaban J connectivity index is 1.60. The molecule has 27 heavy (non-hydrogen) atoms. The van der Waals surface area contributed by atoms with Crippen molar-refractivity contribution in [3.63, 3.8) is 0 Å². The van der Waals surface area contributed by atoms with Gasteiger partial charge in [-0.2, -0.15) is 0 Å². The standard InChI is InChI=1S/C22H25N3O2/c1-3-22(26)23-16-21-24-18-11-5-6-12-19(18)25(21)14-8-9-15-27-20-13-7-4-10-17(20)2/h3-7,10-13H,1,8-9,14-16H2,2H3,(H,23,26). The number of aryl methyl sites for hydroxylation is 2. The lowest BCUT2D eigenvalue weighted by atomic mass is 10.2. The van der Waals surface area contributed by atoms with Crippen LogP contribution in [0.4, 0.5) is 0 Å². The van der Waals surface area contributed by atoms with Gasteiger partial charge in [0.1, 0.15) is 11.6 Å². The van der Waals surface area contributed by atoms with Crippen LogP contribution in [0, 0.1) is 6.92 Å². The van der Waals surface area contributed by atoms with E-state index >= 15 is 0 Å². The number of aromatic nitrogens is 2. The molecule has 0 aliphatic heterocycles. The second-order valence-corrected chi connectivity index (χ2v) is 6.41. The molecule has 5 heteroatoms. The minimum Gasteiger partial charge on any atom is -0.493 e. The van der Waals surface area contributed by atoms with E-state index in [0.29, 0.717) is 13.2 Å². The Morgan fingerprint density at radius 1 is 1.19 bits per heavy atom. The molecule has 0 aliphatic rings. The second kappa shape index (κ2) is 9.03. The molecule has 2 aromatic carbocycles. The number of para-hydroxylation sites is 3. The first-order chi connectivity index (χ1) is 13.2. The number of ether oxygens (including phenoxy) is 1. The number of nitrogens with one attached hydrogen (secondary N) is 1. The lowest BCUT2D eigenvalue weighted by Gasteiger charge is -2.11. The van der Waals surface area contributed by atoms with Gasteiger partial charge in [0, 0.05) is 6.54 Å². The first-order valence-electron chi connectivity index (χ1n) is 9.22. The summed E-state index contributed by atoms with van der Waals surface area (Å²) in [4.78, 5) is 16.2. The summed E-state index contributed by atoms with van der Waals surface area (Å²) in [6, 6.07) is 16.1. The maximum atomic E-state index is 11.5. The van der Waals surface area contributed by atoms with Crippen molar-refractivity contribution < 1.29 is 9.53 Å². The van der Waals surface area contributed by atoms with Crippen LogP contribution in [0.15, 0.2) is 61.2 Å². The molecule has 1 N–H and O–H groups in total. The van der Waals surface area contributed by atoms with Crippen molar-refractivity contribution in [3.8, 4) is 5.75 Å². The van der Waals surface area contributed by atoms with Gasteiger partial charge in [0.2, 0.25) is 5.91 Å². The Kier molecular flexibility index (Phi) is 6.26. The van der Waals surface area contributed by atoms with Crippen molar-refractivity contribution in [3.05, 3.63) is 72.6 Å². The van der Waals surface area contributed by atoms with Crippen molar-refractivity contribution in [2.75, 3.05) is 6.61 Å². The molecule has 140 valence electrons. The molecule has 1 heterocycles. The van der Waals surface area contributed by atoms with E-state index in [1.165, 1.54) is 6.08 Å². The third-order valence-corrected chi connectivity index (χ3v) is 4.47. The highest BCUT2D eigenvalue weighted by Gasteiger charge is 2.10. The topological polar surface area (TPSA) is 56.2 Å². The zero-order chi connectivity index (χ0) is 19.1. The fourth-order valence-electron chi connectivity index (χ4n) is 3.02. The van der Waals surface area contributed by atoms with Gasteiger partial charge >= 0.3 is 0 Å². The van der Waals surface area contributed by atoms with E-state index in [2.05, 4.69) is 40.5 Å². The summed E-state index contributed by atoms with van der Waals surface area (Å²) < 4.78 is 8.05. The van der Waals surface area contributed by atoms with Gasteiger partial charge in [-0.15, -0.1) is 0 Å². The van der Waals surface area contributed by atoms with Crippen molar-refractivity contribution >= 4 is 16.9 Å². The van der Waals surface area contributed by atoms with Crippen molar-refractivity contribution in [2.45, 2.75) is 32.9 Å². The number of hydrogen-bond acceptors (Lipinski definition) is 3. The Morgan fingerprint density at radius 3 is 2.78 bits per heavy atom. The largest absolute Gasteiger partial charge is 0.493 e. The molecule has 3 rings (SSSR count). The highest BCUT2D eigenvalue weighted by atomic mass is 16.5. The van der Waals surface area contributed by atoms with Crippen molar-refractivity contribution in [1.82, 2.24) is 14.9 Å². The zero-order valence-corrected chi connectivity index (χ0v) is 15.6. The average Bonchev–Trinajstić information content (AvgIpc) is 3.05. The maximum absolute atomic E-state index is 11.5. The molecule has 0 radical (unpaired) electrons. The summed E-state index contributed by atoms with van der Waals surface area (Å²) >= 11 is 0. The molecule has 0 fully saturated rings. The molecule has 0 atom stereocenters. The van der Waals surface area contributed by atoms with Gasteiger partial charge in [-0.05, 0) is 49.6 Å². The summed E-state index contributed by atoms with van der Waals surface area (Å²) in [5.41, 5.74) is 3.18. The number of hydrogen-bond donors (Lipinski definition) is 1. The highest BCUT2D eigenvalue weighted by Crippen LogP contribution is 2.18. The molecule has 0 unspecified atom stereocenters. The number of carbonyl (C=O) groups is 1. The molecule has 0 spiro atoms. The first kappa shape index (κ1) is 18.7. The molecule has 0 saturated carbocycles. The van der Waals surface area contributed by atoms with E-state index in [1.807, 2.05) is 36.4 Å². The molecule has 1 amide bonds. The lowest BCUT2D eigenvalue weighted by Crippen LogP contribution is -2.22. The number of imidazole rings is 1. The molecular weight excluding hydrogens is 338 g/mol. The Morgan fingerprint density at radius 2 is 1.96 bits per heavy atom. The third-order valence-electron chi connectivity index (χ3n) is 4.47. The number of rotatable bonds is 9. The normalized spacial score (nSPS) is 10.7. The van der Waals surface area contributed by atoms with Gasteiger partial charge < -0.3 is 14.6 Å². The summed E-state index contributed by atoms with van der Waals surface area (Å²) in [5, 5.41) is 2.81. The SMILES string of the molecule is C=CC(=O)NCc1nc2ccccc2n1CCCCOc1ccccc1C. The van der Waals surface area contributed by atoms with Crippen LogP contribution in [0.2, 0.25) is 0 Å². The maximum Gasteiger partial charge on any atom is 0.243 e. The van der Waals surface area contributed by atoms with E-state index in [4.69, 9.17) is 4.74 Å². The summed E-state index contributed by atoms with van der Waals surface area (Å²) in [5.74, 6) is 1.60.